The first kappa shape index (κ1) is 21.8. The van der Waals surface area contributed by atoms with Crippen LogP contribution in [0.15, 0.2) is 57.8 Å². The maximum absolute atomic E-state index is 13.1. The van der Waals surface area contributed by atoms with Crippen molar-refractivity contribution in [2.24, 2.45) is 4.99 Å². The third-order valence-corrected chi connectivity index (χ3v) is 6.74. The zero-order valence-corrected chi connectivity index (χ0v) is 19.4. The number of likely N-dealkylation sites (tertiary alicyclic amines) is 1. The summed E-state index contributed by atoms with van der Waals surface area (Å²) in [6.45, 7) is 3.04. The summed E-state index contributed by atoms with van der Waals surface area (Å²) >= 11 is 7.40. The lowest BCUT2D eigenvalue weighted by Gasteiger charge is -2.25. The van der Waals surface area contributed by atoms with E-state index in [9.17, 15) is 9.90 Å². The van der Waals surface area contributed by atoms with Gasteiger partial charge in [0.05, 0.1) is 16.3 Å². The van der Waals surface area contributed by atoms with Crippen LogP contribution in [-0.2, 0) is 6.54 Å². The van der Waals surface area contributed by atoms with Crippen LogP contribution in [0, 0.1) is 0 Å². The molecule has 1 aliphatic rings. The van der Waals surface area contributed by atoms with Crippen molar-refractivity contribution in [2.75, 3.05) is 13.1 Å². The summed E-state index contributed by atoms with van der Waals surface area (Å²) in [5.41, 5.74) is 1.06. The third-order valence-electron chi connectivity index (χ3n) is 5.72. The van der Waals surface area contributed by atoms with Gasteiger partial charge in [0, 0.05) is 35.1 Å². The second kappa shape index (κ2) is 9.43. The van der Waals surface area contributed by atoms with E-state index >= 15 is 0 Å². The molecule has 1 aliphatic heterocycles. The number of aromatic nitrogens is 3. The Morgan fingerprint density at radius 3 is 2.67 bits per heavy atom. The summed E-state index contributed by atoms with van der Waals surface area (Å²) in [5.74, 6) is 0.0442. The molecule has 0 saturated carbocycles. The van der Waals surface area contributed by atoms with Crippen molar-refractivity contribution in [3.63, 3.8) is 0 Å². The lowest BCUT2D eigenvalue weighted by molar-refractivity contribution is 0.219. The van der Waals surface area contributed by atoms with Gasteiger partial charge in [-0.25, -0.2) is 19.5 Å². The number of nitrogens with zero attached hydrogens (tertiary/aromatic N) is 5. The highest BCUT2D eigenvalue weighted by Crippen LogP contribution is 2.27. The summed E-state index contributed by atoms with van der Waals surface area (Å²) < 4.78 is 1.17. The summed E-state index contributed by atoms with van der Waals surface area (Å²) in [6, 6.07) is 10.3. The van der Waals surface area contributed by atoms with Gasteiger partial charge in [0.1, 0.15) is 5.82 Å². The lowest BCUT2D eigenvalue weighted by Crippen LogP contribution is -2.29. The molecular weight excluding hydrogens is 458 g/mol. The van der Waals surface area contributed by atoms with E-state index in [-0.39, 0.29) is 17.3 Å². The molecule has 1 fully saturated rings. The Labute approximate surface area is 199 Å². The molecule has 3 aromatic heterocycles. The summed E-state index contributed by atoms with van der Waals surface area (Å²) in [5, 5.41) is 15.2. The molecule has 0 bridgehead atoms. The first-order valence-electron chi connectivity index (χ1n) is 10.8. The first-order valence-corrected chi connectivity index (χ1v) is 12.1. The zero-order chi connectivity index (χ0) is 22.8. The molecule has 1 saturated heterocycles. The summed E-state index contributed by atoms with van der Waals surface area (Å²) in [7, 11) is 0. The van der Waals surface area contributed by atoms with Crippen molar-refractivity contribution < 1.29 is 5.11 Å². The smallest absolute Gasteiger partial charge is 0.267 e. The van der Waals surface area contributed by atoms with Crippen LogP contribution in [0.2, 0.25) is 5.02 Å². The molecule has 33 heavy (non-hydrogen) atoms. The molecule has 1 N–H and O–H groups in total. The topological polar surface area (TPSA) is 83.6 Å². The molecule has 4 aromatic rings. The quantitative estimate of drug-likeness (QED) is 0.410. The van der Waals surface area contributed by atoms with E-state index in [4.69, 9.17) is 11.6 Å². The van der Waals surface area contributed by atoms with E-state index in [0.29, 0.717) is 26.5 Å². The SMILES string of the molecule is O=c1c2ccccc2c(/C=N/c2nc(CN3CCCCC3)cs2)c(O)n1-c1ccc(Cl)cn1. The minimum absolute atomic E-state index is 0.234. The molecule has 0 spiro atoms. The van der Waals surface area contributed by atoms with Crippen molar-refractivity contribution in [2.45, 2.75) is 25.8 Å². The Morgan fingerprint density at radius 2 is 1.91 bits per heavy atom. The highest BCUT2D eigenvalue weighted by Gasteiger charge is 2.17. The predicted molar refractivity (Wildman–Crippen MR) is 133 cm³/mol. The number of hydrogen-bond donors (Lipinski definition) is 1. The normalized spacial score (nSPS) is 14.9. The van der Waals surface area contributed by atoms with Crippen LogP contribution in [0.3, 0.4) is 0 Å². The molecule has 168 valence electrons. The second-order valence-electron chi connectivity index (χ2n) is 7.97. The highest BCUT2D eigenvalue weighted by atomic mass is 35.5. The number of benzene rings is 1. The molecule has 0 radical (unpaired) electrons. The van der Waals surface area contributed by atoms with Crippen molar-refractivity contribution in [3.8, 4) is 11.7 Å². The van der Waals surface area contributed by atoms with Gasteiger partial charge in [0.2, 0.25) is 11.0 Å². The maximum atomic E-state index is 13.1. The predicted octanol–water partition coefficient (Wildman–Crippen LogP) is 4.94. The van der Waals surface area contributed by atoms with Crippen LogP contribution < -0.4 is 5.56 Å². The highest BCUT2D eigenvalue weighted by molar-refractivity contribution is 7.13. The van der Waals surface area contributed by atoms with Crippen LogP contribution in [0.5, 0.6) is 5.88 Å². The van der Waals surface area contributed by atoms with Gasteiger partial charge >= 0.3 is 0 Å². The number of fused-ring (bicyclic) bond motifs is 1. The molecule has 0 unspecified atom stereocenters. The van der Waals surface area contributed by atoms with Crippen LogP contribution in [0.25, 0.3) is 16.6 Å². The number of aliphatic imine (C=N–C) groups is 1. The van der Waals surface area contributed by atoms with Crippen molar-refractivity contribution in [1.82, 2.24) is 19.4 Å². The Bertz CT molecular complexity index is 1370. The van der Waals surface area contributed by atoms with Gasteiger partial charge < -0.3 is 5.11 Å². The van der Waals surface area contributed by atoms with E-state index in [1.54, 1.807) is 36.5 Å². The van der Waals surface area contributed by atoms with E-state index in [2.05, 4.69) is 19.9 Å². The minimum Gasteiger partial charge on any atom is -0.494 e. The number of pyridine rings is 2. The number of piperidine rings is 1. The molecule has 0 atom stereocenters. The Balaban J connectivity index is 1.52. The van der Waals surface area contributed by atoms with Crippen molar-refractivity contribution >= 4 is 45.1 Å². The fourth-order valence-corrected chi connectivity index (χ4v) is 4.86. The number of hydrogen-bond acceptors (Lipinski definition) is 7. The molecule has 1 aromatic carbocycles. The van der Waals surface area contributed by atoms with Gasteiger partial charge in [0.15, 0.2) is 0 Å². The van der Waals surface area contributed by atoms with Crippen molar-refractivity contribution in [1.29, 1.82) is 0 Å². The molecule has 0 aliphatic carbocycles. The standard InChI is InChI=1S/C24H22ClN5O2S/c25-16-8-9-21(26-12-16)30-22(31)19-7-3-2-6-18(19)20(23(30)32)13-27-24-28-17(15-33-24)14-29-10-4-1-5-11-29/h2-3,6-9,12-13,15,32H,1,4-5,10-11,14H2/b27-13+. The molecule has 5 rings (SSSR count). The van der Waals surface area contributed by atoms with E-state index < -0.39 is 0 Å². The lowest BCUT2D eigenvalue weighted by atomic mass is 10.1. The van der Waals surface area contributed by atoms with Gasteiger partial charge in [-0.15, -0.1) is 11.3 Å². The maximum Gasteiger partial charge on any atom is 0.267 e. The number of aromatic hydroxyl groups is 1. The average molecular weight is 480 g/mol. The Kier molecular flexibility index (Phi) is 6.22. The van der Waals surface area contributed by atoms with Crippen molar-refractivity contribution in [3.05, 3.63) is 74.6 Å². The van der Waals surface area contributed by atoms with E-state index in [1.807, 2.05) is 11.4 Å². The number of halogens is 1. The van der Waals surface area contributed by atoms with Crippen LogP contribution >= 0.6 is 22.9 Å². The second-order valence-corrected chi connectivity index (χ2v) is 9.25. The molecule has 7 nitrogen and oxygen atoms in total. The monoisotopic (exact) mass is 479 g/mol. The molecule has 0 amide bonds. The van der Waals surface area contributed by atoms with Crippen LogP contribution in [0.1, 0.15) is 30.5 Å². The fraction of sp³-hybridized carbons (Fsp3) is 0.250. The summed E-state index contributed by atoms with van der Waals surface area (Å²) in [4.78, 5) is 28.9. The zero-order valence-electron chi connectivity index (χ0n) is 17.8. The van der Waals surface area contributed by atoms with Gasteiger partial charge in [0.25, 0.3) is 5.56 Å². The summed E-state index contributed by atoms with van der Waals surface area (Å²) in [6.07, 6.45) is 6.77. The van der Waals surface area contributed by atoms with Crippen LogP contribution in [0.4, 0.5) is 5.13 Å². The Hall–Kier alpha value is -3.07. The number of rotatable bonds is 5. The molecule has 4 heterocycles. The van der Waals surface area contributed by atoms with Gasteiger partial charge in [-0.2, -0.15) is 0 Å². The molecular formula is C24H22ClN5O2S. The minimum atomic E-state index is -0.367. The van der Waals surface area contributed by atoms with E-state index in [0.717, 1.165) is 25.3 Å². The van der Waals surface area contributed by atoms with E-state index in [1.165, 1.54) is 41.4 Å². The number of thiazole rings is 1. The van der Waals surface area contributed by atoms with Gasteiger partial charge in [-0.1, -0.05) is 36.2 Å². The Morgan fingerprint density at radius 1 is 1.12 bits per heavy atom. The van der Waals surface area contributed by atoms with Crippen LogP contribution in [-0.4, -0.2) is 43.8 Å². The van der Waals surface area contributed by atoms with Gasteiger partial charge in [-0.05, 0) is 44.1 Å². The fourth-order valence-electron chi connectivity index (χ4n) is 4.10. The molecule has 9 heteroatoms. The van der Waals surface area contributed by atoms with Gasteiger partial charge in [-0.3, -0.25) is 9.69 Å². The largest absolute Gasteiger partial charge is 0.494 e. The third kappa shape index (κ3) is 4.55. The first-order chi connectivity index (χ1) is 16.1. The average Bonchev–Trinajstić information content (AvgIpc) is 3.28.